The highest BCUT2D eigenvalue weighted by Crippen LogP contribution is 2.36. The molecule has 0 bridgehead atoms. The van der Waals surface area contributed by atoms with Crippen molar-refractivity contribution in [1.82, 2.24) is 0 Å². The third-order valence-electron chi connectivity index (χ3n) is 5.83. The molecule has 4 aromatic carbocycles. The van der Waals surface area contributed by atoms with Crippen molar-refractivity contribution in [3.63, 3.8) is 0 Å². The van der Waals surface area contributed by atoms with Crippen LogP contribution in [0.3, 0.4) is 0 Å². The van der Waals surface area contributed by atoms with Gasteiger partial charge in [0.2, 0.25) is 9.84 Å². The number of sulfone groups is 1. The van der Waals surface area contributed by atoms with Gasteiger partial charge in [-0.2, -0.15) is 0 Å². The molecule has 0 aliphatic carbocycles. The molecule has 3 nitrogen and oxygen atoms in total. The molecule has 0 radical (unpaired) electrons. The quantitative estimate of drug-likeness (QED) is 0.387. The number of nitrogens with zero attached hydrogens (tertiary/aromatic N) is 1. The average Bonchev–Trinajstić information content (AvgIpc) is 2.84. The van der Waals surface area contributed by atoms with Crippen molar-refractivity contribution in [1.29, 1.82) is 0 Å². The molecule has 4 heteroatoms. The Balaban J connectivity index is 1.53. The summed E-state index contributed by atoms with van der Waals surface area (Å²) in [7, 11) is -3.60. The maximum Gasteiger partial charge on any atom is 0.207 e. The largest absolute Gasteiger partial charge is 0.341 e. The van der Waals surface area contributed by atoms with Gasteiger partial charge in [0.25, 0.3) is 0 Å². The van der Waals surface area contributed by atoms with Gasteiger partial charge in [0, 0.05) is 23.5 Å². The molecule has 0 saturated heterocycles. The second-order valence-electron chi connectivity index (χ2n) is 7.74. The number of anilines is 2. The lowest BCUT2D eigenvalue weighted by Gasteiger charge is -2.31. The third kappa shape index (κ3) is 3.64. The molecule has 31 heavy (non-hydrogen) atoms. The maximum atomic E-state index is 13.3. The summed E-state index contributed by atoms with van der Waals surface area (Å²) in [4.78, 5) is 2.98. The van der Waals surface area contributed by atoms with E-state index in [9.17, 15) is 8.42 Å². The van der Waals surface area contributed by atoms with Crippen molar-refractivity contribution in [2.75, 3.05) is 11.4 Å². The Labute approximate surface area is 183 Å². The summed E-state index contributed by atoms with van der Waals surface area (Å²) in [5.41, 5.74) is 5.37. The van der Waals surface area contributed by atoms with E-state index in [1.54, 1.807) is 36.4 Å². The topological polar surface area (TPSA) is 37.4 Å². The molecule has 0 amide bonds. The molecule has 4 aromatic rings. The Morgan fingerprint density at radius 3 is 2.16 bits per heavy atom. The highest BCUT2D eigenvalue weighted by atomic mass is 32.2. The lowest BCUT2D eigenvalue weighted by Crippen LogP contribution is -2.24. The molecule has 154 valence electrons. The molecule has 0 fully saturated rings. The first kappa shape index (κ1) is 19.6. The van der Waals surface area contributed by atoms with Gasteiger partial charge in [-0.05, 0) is 60.4 Å². The minimum atomic E-state index is -3.60. The third-order valence-corrected chi connectivity index (χ3v) is 7.66. The number of aryl methyl sites for hydroxylation is 1. The van der Waals surface area contributed by atoms with E-state index < -0.39 is 9.84 Å². The number of hydrogen-bond donors (Lipinski definition) is 0. The Morgan fingerprint density at radius 2 is 1.35 bits per heavy atom. The number of para-hydroxylation sites is 1. The fourth-order valence-electron chi connectivity index (χ4n) is 4.29. The molecule has 0 aromatic heterocycles. The number of rotatable bonds is 4. The van der Waals surface area contributed by atoms with Crippen molar-refractivity contribution in [3.05, 3.63) is 109 Å². The zero-order valence-electron chi connectivity index (χ0n) is 17.1. The van der Waals surface area contributed by atoms with Crippen LogP contribution in [-0.4, -0.2) is 15.0 Å². The molecule has 5 rings (SSSR count). The van der Waals surface area contributed by atoms with Crippen molar-refractivity contribution in [2.45, 2.75) is 22.6 Å². The first-order valence-electron chi connectivity index (χ1n) is 10.5. The summed E-state index contributed by atoms with van der Waals surface area (Å²) < 4.78 is 26.5. The van der Waals surface area contributed by atoms with Gasteiger partial charge in [0.05, 0.1) is 9.79 Å². The summed E-state index contributed by atoms with van der Waals surface area (Å²) in [6.07, 6.45) is 2.23. The Bertz CT molecular complexity index is 1310. The minimum Gasteiger partial charge on any atom is -0.341 e. The van der Waals surface area contributed by atoms with E-state index in [1.165, 1.54) is 11.3 Å². The summed E-state index contributed by atoms with van der Waals surface area (Å²) >= 11 is 0. The molecule has 1 aliphatic rings. The van der Waals surface area contributed by atoms with E-state index in [0.29, 0.717) is 9.79 Å². The molecular weight excluding hydrogens is 402 g/mol. The summed E-state index contributed by atoms with van der Waals surface area (Å²) in [6, 6.07) is 32.6. The SMILES string of the molecule is O=S(=O)(c1ccccc1)c1ccccc1-c1ccc(N2CCCc3ccccc32)cc1. The fraction of sp³-hybridized carbons (Fsp3) is 0.111. The van der Waals surface area contributed by atoms with E-state index in [-0.39, 0.29) is 0 Å². The van der Waals surface area contributed by atoms with Gasteiger partial charge in [0.1, 0.15) is 0 Å². The Hall–Kier alpha value is -3.37. The van der Waals surface area contributed by atoms with Crippen molar-refractivity contribution >= 4 is 21.2 Å². The number of benzene rings is 4. The molecule has 0 unspecified atom stereocenters. The zero-order chi connectivity index (χ0) is 21.3. The standard InChI is InChI=1S/C27H23NO2S/c29-31(30,24-11-2-1-3-12-24)27-15-7-5-13-25(27)21-16-18-23(19-17-21)28-20-8-10-22-9-4-6-14-26(22)28/h1-7,9,11-19H,8,10,20H2. The first-order chi connectivity index (χ1) is 15.1. The Kier molecular flexibility index (Phi) is 5.08. The zero-order valence-corrected chi connectivity index (χ0v) is 17.9. The highest BCUT2D eigenvalue weighted by Gasteiger charge is 2.22. The number of hydrogen-bond acceptors (Lipinski definition) is 3. The van der Waals surface area contributed by atoms with Crippen LogP contribution in [0.15, 0.2) is 113 Å². The van der Waals surface area contributed by atoms with Crippen molar-refractivity contribution < 1.29 is 8.42 Å². The summed E-state index contributed by atoms with van der Waals surface area (Å²) in [5, 5.41) is 0. The van der Waals surface area contributed by atoms with Crippen LogP contribution in [0.5, 0.6) is 0 Å². The van der Waals surface area contributed by atoms with Gasteiger partial charge in [-0.3, -0.25) is 0 Å². The van der Waals surface area contributed by atoms with Gasteiger partial charge in [-0.15, -0.1) is 0 Å². The van der Waals surface area contributed by atoms with Crippen LogP contribution in [-0.2, 0) is 16.3 Å². The van der Waals surface area contributed by atoms with Crippen LogP contribution in [0.25, 0.3) is 11.1 Å². The van der Waals surface area contributed by atoms with Crippen molar-refractivity contribution in [2.24, 2.45) is 0 Å². The van der Waals surface area contributed by atoms with Crippen LogP contribution in [0.2, 0.25) is 0 Å². The van der Waals surface area contributed by atoms with Crippen LogP contribution >= 0.6 is 0 Å². The van der Waals surface area contributed by atoms with E-state index in [0.717, 1.165) is 36.2 Å². The van der Waals surface area contributed by atoms with Gasteiger partial charge >= 0.3 is 0 Å². The highest BCUT2D eigenvalue weighted by molar-refractivity contribution is 7.91. The van der Waals surface area contributed by atoms with E-state index in [4.69, 9.17) is 0 Å². The van der Waals surface area contributed by atoms with Crippen LogP contribution in [0.1, 0.15) is 12.0 Å². The van der Waals surface area contributed by atoms with Gasteiger partial charge < -0.3 is 4.90 Å². The second kappa shape index (κ2) is 8.05. The molecule has 0 N–H and O–H groups in total. The summed E-state index contributed by atoms with van der Waals surface area (Å²) in [5.74, 6) is 0. The molecule has 0 atom stereocenters. The first-order valence-corrected chi connectivity index (χ1v) is 12.0. The van der Waals surface area contributed by atoms with Crippen LogP contribution in [0.4, 0.5) is 11.4 Å². The molecular formula is C27H23NO2S. The van der Waals surface area contributed by atoms with Gasteiger partial charge in [-0.1, -0.05) is 66.7 Å². The molecule has 1 heterocycles. The molecule has 0 spiro atoms. The van der Waals surface area contributed by atoms with Crippen molar-refractivity contribution in [3.8, 4) is 11.1 Å². The van der Waals surface area contributed by atoms with Crippen LogP contribution < -0.4 is 4.90 Å². The molecule has 1 aliphatic heterocycles. The van der Waals surface area contributed by atoms with Gasteiger partial charge in [0.15, 0.2) is 0 Å². The number of fused-ring (bicyclic) bond motifs is 1. The van der Waals surface area contributed by atoms with E-state index in [2.05, 4.69) is 41.3 Å². The lowest BCUT2D eigenvalue weighted by molar-refractivity contribution is 0.596. The predicted octanol–water partition coefficient (Wildman–Crippen LogP) is 6.27. The smallest absolute Gasteiger partial charge is 0.207 e. The lowest BCUT2D eigenvalue weighted by atomic mass is 10.00. The van der Waals surface area contributed by atoms with E-state index in [1.807, 2.05) is 30.3 Å². The normalized spacial score (nSPS) is 13.6. The molecule has 0 saturated carbocycles. The second-order valence-corrected chi connectivity index (χ2v) is 9.66. The monoisotopic (exact) mass is 425 g/mol. The Morgan fingerprint density at radius 1 is 0.677 bits per heavy atom. The maximum absolute atomic E-state index is 13.3. The summed E-state index contributed by atoms with van der Waals surface area (Å²) in [6.45, 7) is 0.981. The average molecular weight is 426 g/mol. The minimum absolute atomic E-state index is 0.309. The fourth-order valence-corrected chi connectivity index (χ4v) is 5.79. The van der Waals surface area contributed by atoms with E-state index >= 15 is 0 Å². The van der Waals surface area contributed by atoms with Gasteiger partial charge in [-0.25, -0.2) is 8.42 Å². The van der Waals surface area contributed by atoms with Crippen LogP contribution in [0, 0.1) is 0 Å². The predicted molar refractivity (Wildman–Crippen MR) is 126 cm³/mol.